The number of aromatic nitrogens is 1. The van der Waals surface area contributed by atoms with Crippen LogP contribution in [0.1, 0.15) is 74.8 Å². The Morgan fingerprint density at radius 1 is 0.533 bits per heavy atom. The number of halogens is 4. The maximum absolute atomic E-state index is 5.32. The Balaban J connectivity index is 0.000000922. The van der Waals surface area contributed by atoms with Crippen LogP contribution >= 0.6 is 0 Å². The Morgan fingerprint density at radius 2 is 0.956 bits per heavy atom. The predicted octanol–water partition coefficient (Wildman–Crippen LogP) is -13.7. The number of benzene rings is 2. The van der Waals surface area contributed by atoms with Crippen molar-refractivity contribution in [2.75, 3.05) is 0 Å². The normalized spacial score (nSPS) is 31.7. The van der Waals surface area contributed by atoms with Crippen molar-refractivity contribution >= 4 is 22.4 Å². The molecule has 9 rings (SSSR count). The Bertz CT molecular complexity index is 1580. The summed E-state index contributed by atoms with van der Waals surface area (Å²) in [6.07, 6.45) is 9.56. The summed E-state index contributed by atoms with van der Waals surface area (Å²) in [6.45, 7) is 0. The molecule has 2 aromatic carbocycles. The van der Waals surface area contributed by atoms with Gasteiger partial charge in [0, 0.05) is 40.7 Å². The summed E-state index contributed by atoms with van der Waals surface area (Å²) < 4.78 is 0. The van der Waals surface area contributed by atoms with Gasteiger partial charge in [0.1, 0.15) is 11.7 Å². The predicted molar refractivity (Wildman–Crippen MR) is 149 cm³/mol. The second kappa shape index (κ2) is 14.5. The van der Waals surface area contributed by atoms with Crippen molar-refractivity contribution < 1.29 is 86.7 Å². The molecule has 2 saturated carbocycles. The zero-order valence-electron chi connectivity index (χ0n) is 24.5. The van der Waals surface area contributed by atoms with Gasteiger partial charge in [-0.25, -0.2) is 10.6 Å². The quantitative estimate of drug-likeness (QED) is 0.169. The molecule has 8 atom stereocenters. The minimum Gasteiger partial charge on any atom is -1.00 e. The molecule has 8 nitrogen and oxygen atoms in total. The van der Waals surface area contributed by atoms with E-state index in [0.29, 0.717) is 23.7 Å². The van der Waals surface area contributed by atoms with Crippen LogP contribution in [0.5, 0.6) is 0 Å². The molecule has 8 unspecified atom stereocenters. The van der Waals surface area contributed by atoms with Crippen molar-refractivity contribution in [1.29, 1.82) is 0 Å². The number of hydrogen-bond acceptors (Lipinski definition) is 0. The van der Waals surface area contributed by atoms with E-state index in [2.05, 4.69) is 68.5 Å². The summed E-state index contributed by atoms with van der Waals surface area (Å²) in [6, 6.07) is 17.3. The van der Waals surface area contributed by atoms with Gasteiger partial charge in [0.25, 0.3) is 11.0 Å². The van der Waals surface area contributed by atoms with Crippen molar-refractivity contribution in [2.45, 2.75) is 76.0 Å². The Morgan fingerprint density at radius 3 is 1.42 bits per heavy atom. The second-order valence-corrected chi connectivity index (χ2v) is 12.5. The SMILES string of the molecule is [Cl-].[Cl-].[Cl-].[Cl-].[Cu].c1ccc2c(c1)C1[N-]C2[NH+]=C2[N-]C([NH+]=c3[n-]c(c4ccccc34)=[NH+]C3[N-]C(=[NH+]1)C1CCCCC31)C1CCCCC21. The average molecular weight is 738 g/mol. The maximum Gasteiger partial charge on any atom is 0.267 e. The first-order chi connectivity index (χ1) is 19.8. The Hall–Kier alpha value is -1.84. The molecular weight excluding hydrogens is 702 g/mol. The number of nitrogens with zero attached hydrogens (tertiary/aromatic N) is 4. The molecule has 1 aromatic heterocycles. The van der Waals surface area contributed by atoms with E-state index in [1.54, 1.807) is 0 Å². The summed E-state index contributed by atoms with van der Waals surface area (Å²) in [7, 11) is 0. The topological polar surface area (TPSA) is 112 Å². The van der Waals surface area contributed by atoms with Crippen molar-refractivity contribution in [3.8, 4) is 0 Å². The van der Waals surface area contributed by atoms with Crippen LogP contribution in [0.3, 0.4) is 0 Å². The van der Waals surface area contributed by atoms with Crippen LogP contribution in [0.15, 0.2) is 48.5 Å². The number of nitrogens with one attached hydrogen (secondary N) is 4. The first-order valence-electron chi connectivity index (χ1n) is 15.4. The smallest absolute Gasteiger partial charge is 0.267 e. The summed E-state index contributed by atoms with van der Waals surface area (Å²) in [5.74, 6) is 4.01. The first-order valence-corrected chi connectivity index (χ1v) is 15.4. The summed E-state index contributed by atoms with van der Waals surface area (Å²) in [4.78, 5) is 20.5. The van der Waals surface area contributed by atoms with Gasteiger partial charge in [-0.2, -0.15) is 0 Å². The van der Waals surface area contributed by atoms with E-state index in [9.17, 15) is 0 Å². The second-order valence-electron chi connectivity index (χ2n) is 12.5. The third-order valence-corrected chi connectivity index (χ3v) is 10.4. The zero-order chi connectivity index (χ0) is 26.2. The first kappa shape index (κ1) is 36.0. The minimum absolute atomic E-state index is 0. The standard InChI is InChI=1S/C32H32N8.4ClH.Cu/c1-2-10-18-17(9-1)25-33-26(18)38-28-21-13-5-6-14-22(21)30(35-28)40-32-24-16-8-7-15-23(24)31(36-32)39-29-20-12-4-3-11-19(20)27(34-29)37-25;;;;;/h1-2,7-10,15-16,19-22,25-26,29-30H,3-6,11-14H2;4*1H;/q-4;;;;;. The Kier molecular flexibility index (Phi) is 11.6. The molecule has 13 heteroatoms. The van der Waals surface area contributed by atoms with Gasteiger partial charge in [-0.15, -0.1) is 0 Å². The molecule has 4 fully saturated rings. The van der Waals surface area contributed by atoms with Gasteiger partial charge in [-0.3, -0.25) is 9.98 Å². The van der Waals surface area contributed by atoms with E-state index in [0.717, 1.165) is 33.4 Å². The fourth-order valence-corrected chi connectivity index (χ4v) is 8.46. The summed E-state index contributed by atoms with van der Waals surface area (Å²) >= 11 is 0. The van der Waals surface area contributed by atoms with Gasteiger partial charge in [-0.1, -0.05) is 67.1 Å². The van der Waals surface area contributed by atoms with Gasteiger partial charge in [0.15, 0.2) is 12.3 Å². The van der Waals surface area contributed by atoms with E-state index >= 15 is 0 Å². The van der Waals surface area contributed by atoms with Crippen LogP contribution in [-0.2, 0) is 17.1 Å². The van der Waals surface area contributed by atoms with E-state index in [-0.39, 0.29) is 91.4 Å². The van der Waals surface area contributed by atoms with E-state index in [1.165, 1.54) is 62.5 Å². The maximum atomic E-state index is 5.32. The molecule has 0 spiro atoms. The van der Waals surface area contributed by atoms with Crippen molar-refractivity contribution in [3.05, 3.63) is 86.6 Å². The molecule has 45 heavy (non-hydrogen) atoms. The molecule has 4 N–H and O–H groups in total. The molecule has 2 saturated heterocycles. The molecule has 3 aromatic rings. The van der Waals surface area contributed by atoms with E-state index in [1.807, 2.05) is 0 Å². The fourth-order valence-electron chi connectivity index (χ4n) is 8.46. The molecule has 247 valence electrons. The van der Waals surface area contributed by atoms with Crippen LogP contribution in [0.25, 0.3) is 26.7 Å². The van der Waals surface area contributed by atoms with Crippen LogP contribution in [0.2, 0.25) is 0 Å². The zero-order valence-corrected chi connectivity index (χ0v) is 28.5. The fraction of sp³-hybridized carbons (Fsp3) is 0.500. The number of fused-ring (bicyclic) bond motifs is 20. The molecule has 2 aliphatic carbocycles. The monoisotopic (exact) mass is 735 g/mol. The number of hydrogen-bond donors (Lipinski definition) is 4. The van der Waals surface area contributed by atoms with Gasteiger partial charge in [0.05, 0.1) is 10.8 Å². The van der Waals surface area contributed by atoms with E-state index in [4.69, 9.17) is 20.9 Å². The third-order valence-electron chi connectivity index (χ3n) is 10.4. The van der Waals surface area contributed by atoms with Gasteiger partial charge < -0.3 is 64.9 Å². The van der Waals surface area contributed by atoms with Gasteiger partial charge >= 0.3 is 0 Å². The van der Waals surface area contributed by atoms with Crippen LogP contribution < -0.4 is 85.6 Å². The molecule has 6 aliphatic rings. The van der Waals surface area contributed by atoms with Crippen molar-refractivity contribution in [3.63, 3.8) is 0 Å². The molecule has 5 heterocycles. The number of amidine groups is 2. The van der Waals surface area contributed by atoms with E-state index < -0.39 is 0 Å². The number of rotatable bonds is 0. The van der Waals surface area contributed by atoms with Crippen LogP contribution in [0.4, 0.5) is 0 Å². The minimum atomic E-state index is -0.107. The third kappa shape index (κ3) is 6.03. The summed E-state index contributed by atoms with van der Waals surface area (Å²) in [5.41, 5.74) is 4.36. The molecule has 8 bridgehead atoms. The van der Waals surface area contributed by atoms with Crippen LogP contribution in [-0.4, -0.2) is 24.0 Å². The van der Waals surface area contributed by atoms with Crippen molar-refractivity contribution in [1.82, 2.24) is 4.98 Å². The van der Waals surface area contributed by atoms with Gasteiger partial charge in [0.2, 0.25) is 0 Å². The molecular formula is C32H36Cl4CuN8-4. The molecule has 4 aliphatic heterocycles. The van der Waals surface area contributed by atoms with Crippen LogP contribution in [0, 0.1) is 23.7 Å². The average Bonchev–Trinajstić information content (AvgIpc) is 3.73. The van der Waals surface area contributed by atoms with Gasteiger partial charge in [-0.05, 0) is 61.3 Å². The Labute approximate surface area is 298 Å². The largest absolute Gasteiger partial charge is 1.00 e. The molecule has 1 radical (unpaired) electrons. The van der Waals surface area contributed by atoms with Crippen molar-refractivity contribution in [2.24, 2.45) is 23.7 Å². The summed E-state index contributed by atoms with van der Waals surface area (Å²) in [5, 5.41) is 18.3. The molecule has 0 amide bonds.